The Morgan fingerprint density at radius 3 is 2.54 bits per heavy atom. The fourth-order valence-electron chi connectivity index (χ4n) is 3.41. The molecule has 2 heterocycles. The SMILES string of the molecule is Clc1ccc(Cl)c(OCCN2CCC(CN3CCOCC3)CC2)c1. The van der Waals surface area contributed by atoms with Crippen molar-refractivity contribution in [2.45, 2.75) is 12.8 Å². The molecule has 0 saturated carbocycles. The molecular weight excluding hydrogens is 347 g/mol. The molecule has 0 N–H and O–H groups in total. The molecule has 0 unspecified atom stereocenters. The van der Waals surface area contributed by atoms with Gasteiger partial charge in [-0.2, -0.15) is 0 Å². The molecule has 4 nitrogen and oxygen atoms in total. The van der Waals surface area contributed by atoms with Crippen LogP contribution in [0.2, 0.25) is 10.0 Å². The van der Waals surface area contributed by atoms with Crippen LogP contribution >= 0.6 is 23.2 Å². The summed E-state index contributed by atoms with van der Waals surface area (Å²) in [5, 5.41) is 1.27. The zero-order valence-corrected chi connectivity index (χ0v) is 15.6. The van der Waals surface area contributed by atoms with E-state index in [1.165, 1.54) is 19.4 Å². The first-order valence-electron chi connectivity index (χ1n) is 8.81. The van der Waals surface area contributed by atoms with Crippen molar-refractivity contribution in [3.63, 3.8) is 0 Å². The Kier molecular flexibility index (Phi) is 7.05. The summed E-state index contributed by atoms with van der Waals surface area (Å²) in [6.07, 6.45) is 2.55. The minimum Gasteiger partial charge on any atom is -0.491 e. The topological polar surface area (TPSA) is 24.9 Å². The predicted molar refractivity (Wildman–Crippen MR) is 98.4 cm³/mol. The van der Waals surface area contributed by atoms with Gasteiger partial charge in [-0.05, 0) is 44.0 Å². The number of ether oxygens (including phenoxy) is 2. The van der Waals surface area contributed by atoms with E-state index in [1.54, 1.807) is 18.2 Å². The van der Waals surface area contributed by atoms with E-state index < -0.39 is 0 Å². The molecule has 0 bridgehead atoms. The van der Waals surface area contributed by atoms with Crippen molar-refractivity contribution >= 4 is 23.2 Å². The van der Waals surface area contributed by atoms with Crippen molar-refractivity contribution in [1.29, 1.82) is 0 Å². The number of likely N-dealkylation sites (tertiary alicyclic amines) is 1. The highest BCUT2D eigenvalue weighted by Gasteiger charge is 2.22. The van der Waals surface area contributed by atoms with Crippen molar-refractivity contribution in [2.24, 2.45) is 5.92 Å². The van der Waals surface area contributed by atoms with E-state index in [2.05, 4.69) is 9.80 Å². The number of hydrogen-bond donors (Lipinski definition) is 0. The van der Waals surface area contributed by atoms with Crippen LogP contribution < -0.4 is 4.74 Å². The summed E-state index contributed by atoms with van der Waals surface area (Å²) >= 11 is 12.1. The maximum absolute atomic E-state index is 6.12. The second-order valence-electron chi connectivity index (χ2n) is 6.62. The third-order valence-electron chi connectivity index (χ3n) is 4.89. The quantitative estimate of drug-likeness (QED) is 0.763. The average molecular weight is 373 g/mol. The van der Waals surface area contributed by atoms with E-state index in [0.29, 0.717) is 22.4 Å². The molecule has 2 saturated heterocycles. The second-order valence-corrected chi connectivity index (χ2v) is 7.46. The Labute approximate surface area is 154 Å². The highest BCUT2D eigenvalue weighted by atomic mass is 35.5. The van der Waals surface area contributed by atoms with Gasteiger partial charge in [-0.25, -0.2) is 0 Å². The van der Waals surface area contributed by atoms with Gasteiger partial charge < -0.3 is 9.47 Å². The first-order chi connectivity index (χ1) is 11.7. The summed E-state index contributed by atoms with van der Waals surface area (Å²) in [5.74, 6) is 1.49. The number of hydrogen-bond acceptors (Lipinski definition) is 4. The molecule has 3 rings (SSSR count). The van der Waals surface area contributed by atoms with Crippen molar-refractivity contribution < 1.29 is 9.47 Å². The summed E-state index contributed by atoms with van der Waals surface area (Å²) in [6, 6.07) is 5.32. The van der Waals surface area contributed by atoms with Gasteiger partial charge in [0.15, 0.2) is 0 Å². The molecule has 6 heteroatoms. The molecule has 0 atom stereocenters. The van der Waals surface area contributed by atoms with E-state index in [4.69, 9.17) is 32.7 Å². The van der Waals surface area contributed by atoms with Crippen molar-refractivity contribution in [2.75, 3.05) is 59.1 Å². The minimum atomic E-state index is 0.614. The standard InChI is InChI=1S/C18H26Cl2N2O2/c19-16-1-2-17(20)18(13-16)24-12-9-21-5-3-15(4-6-21)14-22-7-10-23-11-8-22/h1-2,13,15H,3-12,14H2. The van der Waals surface area contributed by atoms with Crippen molar-refractivity contribution in [3.05, 3.63) is 28.2 Å². The molecular formula is C18H26Cl2N2O2. The maximum atomic E-state index is 6.12. The van der Waals surface area contributed by atoms with Crippen LogP contribution in [-0.2, 0) is 4.74 Å². The molecule has 2 aliphatic heterocycles. The Hall–Kier alpha value is -0.520. The molecule has 24 heavy (non-hydrogen) atoms. The number of benzene rings is 1. The van der Waals surface area contributed by atoms with Crippen molar-refractivity contribution in [1.82, 2.24) is 9.80 Å². The molecule has 0 amide bonds. The van der Waals surface area contributed by atoms with E-state index in [-0.39, 0.29) is 0 Å². The molecule has 0 radical (unpaired) electrons. The lowest BCUT2D eigenvalue weighted by Gasteiger charge is -2.36. The first-order valence-corrected chi connectivity index (χ1v) is 9.56. The summed E-state index contributed by atoms with van der Waals surface area (Å²) < 4.78 is 11.2. The lowest BCUT2D eigenvalue weighted by atomic mass is 9.96. The molecule has 1 aromatic rings. The Bertz CT molecular complexity index is 516. The van der Waals surface area contributed by atoms with E-state index >= 15 is 0 Å². The fraction of sp³-hybridized carbons (Fsp3) is 0.667. The monoisotopic (exact) mass is 372 g/mol. The van der Waals surface area contributed by atoms with Crippen LogP contribution in [0.5, 0.6) is 5.75 Å². The Morgan fingerprint density at radius 2 is 1.79 bits per heavy atom. The lowest BCUT2D eigenvalue weighted by molar-refractivity contribution is 0.0240. The molecule has 2 fully saturated rings. The molecule has 0 spiro atoms. The zero-order chi connectivity index (χ0) is 16.8. The fourth-order valence-corrected chi connectivity index (χ4v) is 3.75. The number of piperidine rings is 1. The average Bonchev–Trinajstić information content (AvgIpc) is 2.60. The van der Waals surface area contributed by atoms with Gasteiger partial charge in [0.2, 0.25) is 0 Å². The van der Waals surface area contributed by atoms with Gasteiger partial charge in [0.1, 0.15) is 12.4 Å². The Morgan fingerprint density at radius 1 is 1.04 bits per heavy atom. The number of morpholine rings is 1. The third-order valence-corrected chi connectivity index (χ3v) is 5.43. The van der Waals surface area contributed by atoms with Crippen LogP contribution in [-0.4, -0.2) is 68.9 Å². The van der Waals surface area contributed by atoms with Gasteiger partial charge in [0.25, 0.3) is 0 Å². The van der Waals surface area contributed by atoms with Gasteiger partial charge in [0.05, 0.1) is 18.2 Å². The third kappa shape index (κ3) is 5.50. The van der Waals surface area contributed by atoms with E-state index in [1.807, 2.05) is 0 Å². The molecule has 134 valence electrons. The van der Waals surface area contributed by atoms with Gasteiger partial charge in [-0.3, -0.25) is 9.80 Å². The molecule has 0 aromatic heterocycles. The van der Waals surface area contributed by atoms with Crippen LogP contribution in [0.1, 0.15) is 12.8 Å². The van der Waals surface area contributed by atoms with Crippen LogP contribution in [0, 0.1) is 5.92 Å². The van der Waals surface area contributed by atoms with Gasteiger partial charge in [0, 0.05) is 37.3 Å². The molecule has 0 aliphatic carbocycles. The summed E-state index contributed by atoms with van der Waals surface area (Å²) in [5.41, 5.74) is 0. The highest BCUT2D eigenvalue weighted by molar-refractivity contribution is 6.34. The number of nitrogens with zero attached hydrogens (tertiary/aromatic N) is 2. The normalized spacial score (nSPS) is 21.1. The first kappa shape index (κ1) is 18.3. The summed E-state index contributed by atoms with van der Waals surface area (Å²) in [7, 11) is 0. The second kappa shape index (κ2) is 9.25. The number of halogens is 2. The zero-order valence-electron chi connectivity index (χ0n) is 14.1. The van der Waals surface area contributed by atoms with E-state index in [0.717, 1.165) is 51.9 Å². The van der Waals surface area contributed by atoms with Crippen LogP contribution in [0.3, 0.4) is 0 Å². The van der Waals surface area contributed by atoms with Crippen LogP contribution in [0.15, 0.2) is 18.2 Å². The highest BCUT2D eigenvalue weighted by Crippen LogP contribution is 2.27. The summed E-state index contributed by atoms with van der Waals surface area (Å²) in [6.45, 7) is 9.09. The van der Waals surface area contributed by atoms with Gasteiger partial charge >= 0.3 is 0 Å². The molecule has 2 aliphatic rings. The largest absolute Gasteiger partial charge is 0.491 e. The smallest absolute Gasteiger partial charge is 0.139 e. The lowest BCUT2D eigenvalue weighted by Crippen LogP contribution is -2.43. The van der Waals surface area contributed by atoms with Crippen LogP contribution in [0.4, 0.5) is 0 Å². The number of rotatable bonds is 6. The summed E-state index contributed by atoms with van der Waals surface area (Å²) in [4.78, 5) is 5.03. The maximum Gasteiger partial charge on any atom is 0.139 e. The minimum absolute atomic E-state index is 0.614. The predicted octanol–water partition coefficient (Wildman–Crippen LogP) is 3.42. The van der Waals surface area contributed by atoms with E-state index in [9.17, 15) is 0 Å². The van der Waals surface area contributed by atoms with Crippen LogP contribution in [0.25, 0.3) is 0 Å². The van der Waals surface area contributed by atoms with Gasteiger partial charge in [-0.15, -0.1) is 0 Å². The van der Waals surface area contributed by atoms with Crippen molar-refractivity contribution in [3.8, 4) is 5.75 Å². The molecule has 1 aromatic carbocycles. The Balaban J connectivity index is 1.34. The van der Waals surface area contributed by atoms with Gasteiger partial charge in [-0.1, -0.05) is 23.2 Å².